The first-order chi connectivity index (χ1) is 19.0. The van der Waals surface area contributed by atoms with Crippen LogP contribution in [0.2, 0.25) is 0 Å². The third-order valence-corrected chi connectivity index (χ3v) is 7.37. The number of aryl methyl sites for hydroxylation is 1. The van der Waals surface area contributed by atoms with Crippen LogP contribution in [0.5, 0.6) is 23.0 Å². The third kappa shape index (κ3) is 4.42. The molecule has 0 atom stereocenters. The second kappa shape index (κ2) is 10.1. The van der Waals surface area contributed by atoms with Crippen LogP contribution in [0, 0.1) is 0 Å². The lowest BCUT2D eigenvalue weighted by Crippen LogP contribution is -2.53. The number of pyridine rings is 1. The lowest BCUT2D eigenvalue weighted by atomic mass is 10.1. The summed E-state index contributed by atoms with van der Waals surface area (Å²) in [5.41, 5.74) is 4.74. The standard InChI is InChI=1S/C30H33N5O4/c1-6-10-34-17-23(18-34)39-27-15-22(19-7-8-24-20(12-19)9-11-33(24)2)16-35-29(31-32-30(27)35)21-13-25(36-3)28(38-5)26(14-21)37-4/h7-9,11-16,23H,6,10,17-18H2,1-5H3. The molecule has 1 saturated heterocycles. The van der Waals surface area contributed by atoms with Gasteiger partial charge >= 0.3 is 0 Å². The SMILES string of the molecule is CCCN1CC(Oc2cc(-c3ccc4c(ccn4C)c3)cn3c(-c4cc(OC)c(OC)c(OC)c4)nnc23)C1. The normalized spacial score (nSPS) is 14.1. The van der Waals surface area contributed by atoms with E-state index in [2.05, 4.69) is 76.4 Å². The van der Waals surface area contributed by atoms with Gasteiger partial charge in [-0.05, 0) is 54.9 Å². The van der Waals surface area contributed by atoms with Crippen LogP contribution < -0.4 is 18.9 Å². The molecule has 0 amide bonds. The third-order valence-electron chi connectivity index (χ3n) is 7.37. The summed E-state index contributed by atoms with van der Waals surface area (Å²) < 4.78 is 27.4. The summed E-state index contributed by atoms with van der Waals surface area (Å²) in [5, 5.41) is 10.3. The molecule has 202 valence electrons. The molecule has 0 aliphatic carbocycles. The first-order valence-corrected chi connectivity index (χ1v) is 13.2. The molecule has 0 spiro atoms. The molecule has 1 aliphatic heterocycles. The number of likely N-dealkylation sites (tertiary alicyclic amines) is 1. The number of fused-ring (bicyclic) bond motifs is 2. The average Bonchev–Trinajstić information content (AvgIpc) is 3.54. The van der Waals surface area contributed by atoms with E-state index in [1.165, 1.54) is 10.9 Å². The molecule has 6 rings (SSSR count). The summed E-state index contributed by atoms with van der Waals surface area (Å²) in [6, 6.07) is 14.5. The minimum atomic E-state index is 0.119. The Hall–Kier alpha value is -4.24. The van der Waals surface area contributed by atoms with E-state index >= 15 is 0 Å². The summed E-state index contributed by atoms with van der Waals surface area (Å²) in [5.74, 6) is 3.00. The Labute approximate surface area is 227 Å². The van der Waals surface area contributed by atoms with Gasteiger partial charge in [0.05, 0.1) is 21.3 Å². The maximum absolute atomic E-state index is 6.53. The molecule has 9 heteroatoms. The van der Waals surface area contributed by atoms with Crippen LogP contribution >= 0.6 is 0 Å². The molecule has 5 aromatic rings. The van der Waals surface area contributed by atoms with Crippen molar-refractivity contribution >= 4 is 16.6 Å². The van der Waals surface area contributed by atoms with Crippen LogP contribution in [0.15, 0.2) is 54.9 Å². The Kier molecular flexibility index (Phi) is 6.52. The lowest BCUT2D eigenvalue weighted by Gasteiger charge is -2.38. The average molecular weight is 528 g/mol. The maximum atomic E-state index is 6.53. The van der Waals surface area contributed by atoms with Gasteiger partial charge in [-0.15, -0.1) is 10.2 Å². The Balaban J connectivity index is 1.49. The molecule has 3 aromatic heterocycles. The van der Waals surface area contributed by atoms with Crippen molar-refractivity contribution in [2.24, 2.45) is 7.05 Å². The number of hydrogen-bond donors (Lipinski definition) is 0. The van der Waals surface area contributed by atoms with Gasteiger partial charge in [-0.2, -0.15) is 0 Å². The predicted octanol–water partition coefficient (Wildman–Crippen LogP) is 5.05. The van der Waals surface area contributed by atoms with Gasteiger partial charge in [0.1, 0.15) is 6.10 Å². The van der Waals surface area contributed by atoms with Crippen molar-refractivity contribution in [1.82, 2.24) is 24.1 Å². The van der Waals surface area contributed by atoms with Crippen LogP contribution in [0.4, 0.5) is 0 Å². The second-order valence-corrected chi connectivity index (χ2v) is 9.92. The van der Waals surface area contributed by atoms with Crippen LogP contribution in [0.1, 0.15) is 13.3 Å². The topological polar surface area (TPSA) is 75.3 Å². The van der Waals surface area contributed by atoms with Crippen LogP contribution in [0.25, 0.3) is 39.1 Å². The highest BCUT2D eigenvalue weighted by Gasteiger charge is 2.29. The van der Waals surface area contributed by atoms with Gasteiger partial charge in [0.15, 0.2) is 23.1 Å². The highest BCUT2D eigenvalue weighted by Crippen LogP contribution is 2.41. The number of nitrogens with zero attached hydrogens (tertiary/aromatic N) is 5. The summed E-state index contributed by atoms with van der Waals surface area (Å²) in [6.07, 6.45) is 5.40. The Morgan fingerprint density at radius 3 is 2.28 bits per heavy atom. The molecule has 0 N–H and O–H groups in total. The molecule has 0 bridgehead atoms. The van der Waals surface area contributed by atoms with Gasteiger partial charge in [-0.25, -0.2) is 0 Å². The summed E-state index contributed by atoms with van der Waals surface area (Å²) in [6.45, 7) is 5.11. The van der Waals surface area contributed by atoms with E-state index in [0.717, 1.165) is 42.7 Å². The number of benzene rings is 2. The second-order valence-electron chi connectivity index (χ2n) is 9.92. The van der Waals surface area contributed by atoms with Crippen molar-refractivity contribution in [3.05, 3.63) is 54.9 Å². The van der Waals surface area contributed by atoms with Gasteiger partial charge in [0.25, 0.3) is 0 Å². The molecule has 4 heterocycles. The number of methoxy groups -OCH3 is 3. The molecule has 39 heavy (non-hydrogen) atoms. The monoisotopic (exact) mass is 527 g/mol. The van der Waals surface area contributed by atoms with Crippen molar-refractivity contribution < 1.29 is 18.9 Å². The van der Waals surface area contributed by atoms with E-state index in [9.17, 15) is 0 Å². The van der Waals surface area contributed by atoms with E-state index in [1.54, 1.807) is 21.3 Å². The lowest BCUT2D eigenvalue weighted by molar-refractivity contribution is 0.0209. The summed E-state index contributed by atoms with van der Waals surface area (Å²) >= 11 is 0. The van der Waals surface area contributed by atoms with Crippen molar-refractivity contribution in [2.45, 2.75) is 19.4 Å². The quantitative estimate of drug-likeness (QED) is 0.265. The number of hydrogen-bond acceptors (Lipinski definition) is 7. The van der Waals surface area contributed by atoms with E-state index in [4.69, 9.17) is 18.9 Å². The minimum absolute atomic E-state index is 0.119. The van der Waals surface area contributed by atoms with Gasteiger partial charge < -0.3 is 23.5 Å². The summed E-state index contributed by atoms with van der Waals surface area (Å²) in [7, 11) is 6.86. The van der Waals surface area contributed by atoms with Crippen molar-refractivity contribution in [1.29, 1.82) is 0 Å². The predicted molar refractivity (Wildman–Crippen MR) is 151 cm³/mol. The molecular weight excluding hydrogens is 494 g/mol. The maximum Gasteiger partial charge on any atom is 0.203 e. The van der Waals surface area contributed by atoms with Gasteiger partial charge in [0, 0.05) is 54.6 Å². The molecular formula is C30H33N5O4. The zero-order valence-corrected chi connectivity index (χ0v) is 23.0. The first kappa shape index (κ1) is 25.1. The molecule has 0 unspecified atom stereocenters. The van der Waals surface area contributed by atoms with Crippen molar-refractivity contribution in [2.75, 3.05) is 41.0 Å². The van der Waals surface area contributed by atoms with Crippen LogP contribution in [-0.2, 0) is 7.05 Å². The van der Waals surface area contributed by atoms with E-state index in [-0.39, 0.29) is 6.10 Å². The Morgan fingerprint density at radius 1 is 0.846 bits per heavy atom. The fourth-order valence-corrected chi connectivity index (χ4v) is 5.35. The Morgan fingerprint density at radius 2 is 1.59 bits per heavy atom. The van der Waals surface area contributed by atoms with Gasteiger partial charge in [0.2, 0.25) is 11.4 Å². The van der Waals surface area contributed by atoms with Crippen molar-refractivity contribution in [3.63, 3.8) is 0 Å². The number of aromatic nitrogens is 4. The van der Waals surface area contributed by atoms with Gasteiger partial charge in [-0.1, -0.05) is 13.0 Å². The Bertz CT molecular complexity index is 1630. The fourth-order valence-electron chi connectivity index (χ4n) is 5.35. The van der Waals surface area contributed by atoms with Crippen LogP contribution in [0.3, 0.4) is 0 Å². The van der Waals surface area contributed by atoms with E-state index in [0.29, 0.717) is 34.5 Å². The molecule has 9 nitrogen and oxygen atoms in total. The molecule has 0 saturated carbocycles. The molecule has 0 radical (unpaired) electrons. The fraction of sp³-hybridized carbons (Fsp3) is 0.333. The summed E-state index contributed by atoms with van der Waals surface area (Å²) in [4.78, 5) is 2.40. The minimum Gasteiger partial charge on any atom is -0.493 e. The highest BCUT2D eigenvalue weighted by atomic mass is 16.5. The molecule has 2 aromatic carbocycles. The van der Waals surface area contributed by atoms with Gasteiger partial charge in [-0.3, -0.25) is 9.30 Å². The highest BCUT2D eigenvalue weighted by molar-refractivity contribution is 5.86. The zero-order valence-electron chi connectivity index (χ0n) is 23.0. The van der Waals surface area contributed by atoms with Crippen molar-refractivity contribution in [3.8, 4) is 45.5 Å². The van der Waals surface area contributed by atoms with Crippen LogP contribution in [-0.4, -0.2) is 71.1 Å². The first-order valence-electron chi connectivity index (χ1n) is 13.2. The largest absolute Gasteiger partial charge is 0.493 e. The number of rotatable bonds is 9. The molecule has 1 fully saturated rings. The van der Waals surface area contributed by atoms with E-state index in [1.807, 2.05) is 16.5 Å². The molecule has 1 aliphatic rings. The van der Waals surface area contributed by atoms with E-state index < -0.39 is 0 Å². The number of ether oxygens (including phenoxy) is 4. The smallest absolute Gasteiger partial charge is 0.203 e. The zero-order chi connectivity index (χ0) is 27.1.